The summed E-state index contributed by atoms with van der Waals surface area (Å²) in [4.78, 5) is 10.8. The van der Waals surface area contributed by atoms with E-state index in [4.69, 9.17) is 5.11 Å². The summed E-state index contributed by atoms with van der Waals surface area (Å²) in [6.07, 6.45) is 0. The molecule has 0 fully saturated rings. The number of rotatable bonds is 1. The molecule has 0 aliphatic carbocycles. The van der Waals surface area contributed by atoms with Crippen molar-refractivity contribution in [2.24, 2.45) is 0 Å². The Balaban J connectivity index is 0.00000121. The van der Waals surface area contributed by atoms with E-state index in [-0.39, 0.29) is 35.3 Å². The van der Waals surface area contributed by atoms with E-state index in [0.29, 0.717) is 5.56 Å². The number of esters is 1. The molecule has 1 aromatic rings. The summed E-state index contributed by atoms with van der Waals surface area (Å²) in [6.45, 7) is 0. The Labute approximate surface area is 92.6 Å². The van der Waals surface area contributed by atoms with Gasteiger partial charge in [-0.2, -0.15) is 0 Å². The number of carbonyl (C=O) groups excluding carboxylic acids is 1. The number of hydrogen-bond acceptors (Lipinski definition) is 3. The molecule has 0 unspecified atom stereocenters. The molecule has 0 aromatic heterocycles. The van der Waals surface area contributed by atoms with Crippen molar-refractivity contribution in [2.75, 3.05) is 0 Å². The molecule has 1 N–H and O–H groups in total. The van der Waals surface area contributed by atoms with E-state index in [2.05, 4.69) is 11.8 Å². The van der Waals surface area contributed by atoms with E-state index < -0.39 is 5.97 Å². The molecule has 0 saturated carbocycles. The average Bonchev–Trinajstić information content (AvgIpc) is 2.05. The van der Waals surface area contributed by atoms with Crippen LogP contribution in [-0.4, -0.2) is 40.6 Å². The van der Waals surface area contributed by atoms with Crippen LogP contribution in [-0.2, 0) is 4.74 Å². The fourth-order valence-corrected chi connectivity index (χ4v) is 0.681. The van der Waals surface area contributed by atoms with Crippen LogP contribution in [0.3, 0.4) is 0 Å². The quantitative estimate of drug-likeness (QED) is 0.504. The number of benzene rings is 1. The first-order valence-corrected chi connectivity index (χ1v) is 2.99. The molecule has 0 heterocycles. The minimum atomic E-state index is -0.509. The van der Waals surface area contributed by atoms with Crippen molar-refractivity contribution in [3.05, 3.63) is 36.9 Å². The summed E-state index contributed by atoms with van der Waals surface area (Å²) in [7, 11) is 2.97. The van der Waals surface area contributed by atoms with Crippen molar-refractivity contribution in [1.29, 1.82) is 0 Å². The standard InChI is InChI=1S/C8H7O3.Na.H/c1-11-8(10)6-2-4-7(9)5-3-6;;/h2-5,9H,1H2;;. The molecule has 59 valence electrons. The molecule has 3 nitrogen and oxygen atoms in total. The van der Waals surface area contributed by atoms with E-state index in [1.165, 1.54) is 24.3 Å². The van der Waals surface area contributed by atoms with Gasteiger partial charge in [-0.15, -0.1) is 0 Å². The molecule has 0 amide bonds. The van der Waals surface area contributed by atoms with Crippen molar-refractivity contribution >= 4 is 35.5 Å². The van der Waals surface area contributed by atoms with Crippen molar-refractivity contribution in [2.45, 2.75) is 0 Å². The fraction of sp³-hybridized carbons (Fsp3) is 0. The SMILES string of the molecule is [CH2]OC(=O)c1ccc(O)cc1.[NaH]. The Kier molecular flexibility index (Phi) is 4.97. The molecule has 12 heavy (non-hydrogen) atoms. The summed E-state index contributed by atoms with van der Waals surface area (Å²) >= 11 is 0. The van der Waals surface area contributed by atoms with Crippen LogP contribution in [0.1, 0.15) is 10.4 Å². The van der Waals surface area contributed by atoms with Crippen LogP contribution in [0.2, 0.25) is 0 Å². The molecule has 0 bridgehead atoms. The van der Waals surface area contributed by atoms with Gasteiger partial charge in [-0.1, -0.05) is 0 Å². The van der Waals surface area contributed by atoms with Crippen LogP contribution in [0.4, 0.5) is 0 Å². The van der Waals surface area contributed by atoms with Gasteiger partial charge in [-0.3, -0.25) is 0 Å². The predicted molar refractivity (Wildman–Crippen MR) is 46.0 cm³/mol. The van der Waals surface area contributed by atoms with E-state index in [9.17, 15) is 4.79 Å². The number of aromatic hydroxyl groups is 1. The first-order chi connectivity index (χ1) is 5.24. The molecule has 0 saturated heterocycles. The van der Waals surface area contributed by atoms with E-state index in [1.807, 2.05) is 0 Å². The number of ether oxygens (including phenoxy) is 1. The Bertz CT molecular complexity index is 256. The second-order valence-electron chi connectivity index (χ2n) is 1.98. The summed E-state index contributed by atoms with van der Waals surface area (Å²) < 4.78 is 4.21. The van der Waals surface area contributed by atoms with Gasteiger partial charge in [0.05, 0.1) is 5.56 Å². The van der Waals surface area contributed by atoms with E-state index >= 15 is 0 Å². The predicted octanol–water partition coefficient (Wildman–Crippen LogP) is 0.692. The first kappa shape index (κ1) is 11.5. The Morgan fingerprint density at radius 1 is 1.33 bits per heavy atom. The third-order valence-electron chi connectivity index (χ3n) is 1.23. The topological polar surface area (TPSA) is 46.5 Å². The fourth-order valence-electron chi connectivity index (χ4n) is 0.681. The van der Waals surface area contributed by atoms with Crippen molar-refractivity contribution in [1.82, 2.24) is 0 Å². The molecule has 0 aliphatic heterocycles. The summed E-state index contributed by atoms with van der Waals surface area (Å²) in [5, 5.41) is 8.84. The van der Waals surface area contributed by atoms with Crippen molar-refractivity contribution in [3.63, 3.8) is 0 Å². The van der Waals surface area contributed by atoms with Crippen LogP contribution >= 0.6 is 0 Å². The van der Waals surface area contributed by atoms with Crippen LogP contribution in [0.5, 0.6) is 5.75 Å². The third kappa shape index (κ3) is 2.85. The second-order valence-corrected chi connectivity index (χ2v) is 1.98. The monoisotopic (exact) mass is 175 g/mol. The molecule has 0 spiro atoms. The Hall–Kier alpha value is -0.510. The minimum absolute atomic E-state index is 0. The van der Waals surface area contributed by atoms with E-state index in [0.717, 1.165) is 0 Å². The van der Waals surface area contributed by atoms with Gasteiger partial charge < -0.3 is 9.84 Å². The molecule has 1 rings (SSSR count). The van der Waals surface area contributed by atoms with Gasteiger partial charge in [0.1, 0.15) is 12.9 Å². The molecular weight excluding hydrogens is 167 g/mol. The molecule has 1 aromatic carbocycles. The van der Waals surface area contributed by atoms with Gasteiger partial charge in [0.2, 0.25) is 0 Å². The summed E-state index contributed by atoms with van der Waals surface area (Å²) in [6, 6.07) is 5.74. The van der Waals surface area contributed by atoms with Gasteiger partial charge in [-0.05, 0) is 24.3 Å². The van der Waals surface area contributed by atoms with Crippen LogP contribution < -0.4 is 0 Å². The Morgan fingerprint density at radius 3 is 2.25 bits per heavy atom. The van der Waals surface area contributed by atoms with Crippen LogP contribution in [0.25, 0.3) is 0 Å². The molecular formula is C8H8NaO3. The maximum absolute atomic E-state index is 10.8. The second kappa shape index (κ2) is 5.19. The summed E-state index contributed by atoms with van der Waals surface area (Å²) in [5.74, 6) is -0.393. The maximum atomic E-state index is 10.8. The zero-order valence-corrected chi connectivity index (χ0v) is 5.78. The number of hydrogen-bond donors (Lipinski definition) is 1. The summed E-state index contributed by atoms with van der Waals surface area (Å²) in [5.41, 5.74) is 0.373. The van der Waals surface area contributed by atoms with E-state index in [1.54, 1.807) is 0 Å². The van der Waals surface area contributed by atoms with Crippen LogP contribution in [0.15, 0.2) is 24.3 Å². The van der Waals surface area contributed by atoms with Gasteiger partial charge in [0, 0.05) is 0 Å². The van der Waals surface area contributed by atoms with Gasteiger partial charge in [0.15, 0.2) is 0 Å². The zero-order valence-electron chi connectivity index (χ0n) is 5.78. The number of phenols is 1. The third-order valence-corrected chi connectivity index (χ3v) is 1.23. The number of phenolic OH excluding ortho intramolecular Hbond substituents is 1. The van der Waals surface area contributed by atoms with Crippen molar-refractivity contribution < 1.29 is 14.6 Å². The van der Waals surface area contributed by atoms with Gasteiger partial charge >= 0.3 is 35.5 Å². The Morgan fingerprint density at radius 2 is 1.83 bits per heavy atom. The molecule has 0 atom stereocenters. The molecule has 1 radical (unpaired) electrons. The number of carbonyl (C=O) groups is 1. The van der Waals surface area contributed by atoms with Gasteiger partial charge in [0.25, 0.3) is 0 Å². The van der Waals surface area contributed by atoms with Gasteiger partial charge in [-0.25, -0.2) is 4.79 Å². The molecule has 0 aliphatic rings. The van der Waals surface area contributed by atoms with Crippen molar-refractivity contribution in [3.8, 4) is 5.75 Å². The normalized spacial score (nSPS) is 8.42. The zero-order chi connectivity index (χ0) is 8.27. The average molecular weight is 175 g/mol. The van der Waals surface area contributed by atoms with Crippen LogP contribution in [0, 0.1) is 7.11 Å². The first-order valence-electron chi connectivity index (χ1n) is 2.99. The molecule has 4 heteroatoms.